The van der Waals surface area contributed by atoms with E-state index in [2.05, 4.69) is 4.98 Å². The third-order valence-electron chi connectivity index (χ3n) is 3.04. The van der Waals surface area contributed by atoms with Gasteiger partial charge in [-0.05, 0) is 25.0 Å². The van der Waals surface area contributed by atoms with E-state index in [1.54, 1.807) is 12.3 Å². The van der Waals surface area contributed by atoms with Crippen LogP contribution in [0.5, 0.6) is 0 Å². The van der Waals surface area contributed by atoms with Gasteiger partial charge in [0.25, 0.3) is 0 Å². The van der Waals surface area contributed by atoms with Gasteiger partial charge in [-0.2, -0.15) is 0 Å². The fraction of sp³-hybridized carbons (Fsp3) is 0.500. The molecule has 0 radical (unpaired) electrons. The SMILES string of the molecule is CN(CC(=O)N1CCCC1)c1ccc(N)nc1. The molecule has 2 N–H and O–H groups in total. The third-order valence-corrected chi connectivity index (χ3v) is 3.04. The molecule has 1 aromatic rings. The number of aromatic nitrogens is 1. The number of hydrogen-bond acceptors (Lipinski definition) is 4. The van der Waals surface area contributed by atoms with E-state index in [-0.39, 0.29) is 5.91 Å². The van der Waals surface area contributed by atoms with Crippen LogP contribution in [-0.4, -0.2) is 42.5 Å². The van der Waals surface area contributed by atoms with Gasteiger partial charge in [0, 0.05) is 20.1 Å². The zero-order chi connectivity index (χ0) is 12.3. The minimum Gasteiger partial charge on any atom is -0.384 e. The number of carbonyl (C=O) groups is 1. The summed E-state index contributed by atoms with van der Waals surface area (Å²) in [5.41, 5.74) is 6.43. The first-order chi connectivity index (χ1) is 8.16. The fourth-order valence-corrected chi connectivity index (χ4v) is 1.98. The number of nitrogen functional groups attached to an aromatic ring is 1. The van der Waals surface area contributed by atoms with Crippen molar-refractivity contribution in [1.29, 1.82) is 0 Å². The van der Waals surface area contributed by atoms with Crippen LogP contribution < -0.4 is 10.6 Å². The Balaban J connectivity index is 1.93. The lowest BCUT2D eigenvalue weighted by Crippen LogP contribution is -2.37. The molecule has 5 nitrogen and oxygen atoms in total. The quantitative estimate of drug-likeness (QED) is 0.837. The minimum atomic E-state index is 0.182. The Bertz CT molecular complexity index is 384. The lowest BCUT2D eigenvalue weighted by molar-refractivity contribution is -0.128. The molecular weight excluding hydrogens is 216 g/mol. The number of nitrogens with two attached hydrogens (primary N) is 1. The van der Waals surface area contributed by atoms with Crippen molar-refractivity contribution >= 4 is 17.4 Å². The minimum absolute atomic E-state index is 0.182. The van der Waals surface area contributed by atoms with Crippen LogP contribution >= 0.6 is 0 Å². The second kappa shape index (κ2) is 5.03. The average Bonchev–Trinajstić information content (AvgIpc) is 2.83. The van der Waals surface area contributed by atoms with Crippen LogP contribution in [0, 0.1) is 0 Å². The Labute approximate surface area is 101 Å². The predicted octanol–water partition coefficient (Wildman–Crippen LogP) is 0.722. The smallest absolute Gasteiger partial charge is 0.242 e. The van der Waals surface area contributed by atoms with E-state index in [1.165, 1.54) is 0 Å². The molecule has 0 atom stereocenters. The molecule has 92 valence electrons. The molecule has 0 spiro atoms. The number of likely N-dealkylation sites (N-methyl/N-ethyl adjacent to an activating group) is 1. The number of hydrogen-bond donors (Lipinski definition) is 1. The molecule has 2 rings (SSSR count). The molecule has 0 aromatic carbocycles. The largest absolute Gasteiger partial charge is 0.384 e. The van der Waals surface area contributed by atoms with E-state index in [0.717, 1.165) is 31.6 Å². The maximum Gasteiger partial charge on any atom is 0.242 e. The standard InChI is InChI=1S/C12H18N4O/c1-15(10-4-5-11(13)14-8-10)9-12(17)16-6-2-3-7-16/h4-5,8H,2-3,6-7,9H2,1H3,(H2,13,14). The summed E-state index contributed by atoms with van der Waals surface area (Å²) in [5, 5.41) is 0. The van der Waals surface area contributed by atoms with E-state index < -0.39 is 0 Å². The van der Waals surface area contributed by atoms with Crippen molar-refractivity contribution in [3.63, 3.8) is 0 Å². The Morgan fingerprint density at radius 3 is 2.76 bits per heavy atom. The van der Waals surface area contributed by atoms with Crippen molar-refractivity contribution in [2.75, 3.05) is 37.3 Å². The predicted molar refractivity (Wildman–Crippen MR) is 67.7 cm³/mol. The monoisotopic (exact) mass is 234 g/mol. The van der Waals surface area contributed by atoms with Crippen LogP contribution in [0.15, 0.2) is 18.3 Å². The van der Waals surface area contributed by atoms with Gasteiger partial charge in [-0.3, -0.25) is 4.79 Å². The van der Waals surface area contributed by atoms with Gasteiger partial charge in [0.15, 0.2) is 0 Å². The summed E-state index contributed by atoms with van der Waals surface area (Å²) in [5.74, 6) is 0.676. The summed E-state index contributed by atoms with van der Waals surface area (Å²) in [4.78, 5) is 19.8. The number of anilines is 2. The van der Waals surface area contributed by atoms with E-state index in [9.17, 15) is 4.79 Å². The Hall–Kier alpha value is -1.78. The molecule has 17 heavy (non-hydrogen) atoms. The van der Waals surface area contributed by atoms with Crippen LogP contribution in [0.2, 0.25) is 0 Å². The zero-order valence-corrected chi connectivity index (χ0v) is 10.1. The lowest BCUT2D eigenvalue weighted by atomic mass is 10.3. The van der Waals surface area contributed by atoms with E-state index >= 15 is 0 Å². The molecule has 1 saturated heterocycles. The van der Waals surface area contributed by atoms with Crippen molar-refractivity contribution < 1.29 is 4.79 Å². The summed E-state index contributed by atoms with van der Waals surface area (Å²) in [6, 6.07) is 3.62. The summed E-state index contributed by atoms with van der Waals surface area (Å²) in [6.07, 6.45) is 3.93. The van der Waals surface area contributed by atoms with E-state index in [0.29, 0.717) is 12.4 Å². The van der Waals surface area contributed by atoms with Gasteiger partial charge in [0.05, 0.1) is 18.4 Å². The highest BCUT2D eigenvalue weighted by Crippen LogP contribution is 2.13. The first-order valence-corrected chi connectivity index (χ1v) is 5.87. The zero-order valence-electron chi connectivity index (χ0n) is 10.1. The Kier molecular flexibility index (Phi) is 3.46. The molecule has 0 bridgehead atoms. The molecule has 1 fully saturated rings. The van der Waals surface area contributed by atoms with Crippen molar-refractivity contribution in [3.05, 3.63) is 18.3 Å². The normalized spacial score (nSPS) is 15.0. The van der Waals surface area contributed by atoms with E-state index in [1.807, 2.05) is 22.9 Å². The van der Waals surface area contributed by atoms with Gasteiger partial charge < -0.3 is 15.5 Å². The van der Waals surface area contributed by atoms with Gasteiger partial charge in [-0.15, -0.1) is 0 Å². The molecule has 0 saturated carbocycles. The van der Waals surface area contributed by atoms with Crippen molar-refractivity contribution in [2.24, 2.45) is 0 Å². The molecule has 1 aromatic heterocycles. The number of pyridine rings is 1. The summed E-state index contributed by atoms with van der Waals surface area (Å²) in [7, 11) is 1.89. The summed E-state index contributed by atoms with van der Waals surface area (Å²) >= 11 is 0. The molecule has 1 aliphatic rings. The van der Waals surface area contributed by atoms with E-state index in [4.69, 9.17) is 5.73 Å². The number of amides is 1. The highest BCUT2D eigenvalue weighted by atomic mass is 16.2. The van der Waals surface area contributed by atoms with Gasteiger partial charge in [-0.25, -0.2) is 4.98 Å². The number of nitrogens with zero attached hydrogens (tertiary/aromatic N) is 3. The highest BCUT2D eigenvalue weighted by Gasteiger charge is 2.19. The molecule has 0 unspecified atom stereocenters. The Morgan fingerprint density at radius 2 is 2.18 bits per heavy atom. The van der Waals surface area contributed by atoms with Gasteiger partial charge in [0.1, 0.15) is 5.82 Å². The van der Waals surface area contributed by atoms with Crippen LogP contribution in [0.3, 0.4) is 0 Å². The Morgan fingerprint density at radius 1 is 1.47 bits per heavy atom. The number of rotatable bonds is 3. The van der Waals surface area contributed by atoms with Crippen molar-refractivity contribution in [1.82, 2.24) is 9.88 Å². The first-order valence-electron chi connectivity index (χ1n) is 5.87. The van der Waals surface area contributed by atoms with Gasteiger partial charge in [0.2, 0.25) is 5.91 Å². The molecular formula is C12H18N4O. The van der Waals surface area contributed by atoms with Crippen LogP contribution in [0.25, 0.3) is 0 Å². The average molecular weight is 234 g/mol. The second-order valence-corrected chi connectivity index (χ2v) is 4.39. The molecule has 2 heterocycles. The first kappa shape index (κ1) is 11.7. The van der Waals surface area contributed by atoms with Gasteiger partial charge >= 0.3 is 0 Å². The molecule has 1 aliphatic heterocycles. The molecule has 5 heteroatoms. The maximum atomic E-state index is 11.9. The molecule has 0 aliphatic carbocycles. The highest BCUT2D eigenvalue weighted by molar-refractivity contribution is 5.81. The lowest BCUT2D eigenvalue weighted by Gasteiger charge is -2.22. The summed E-state index contributed by atoms with van der Waals surface area (Å²) < 4.78 is 0. The topological polar surface area (TPSA) is 62.5 Å². The van der Waals surface area contributed by atoms with Crippen LogP contribution in [0.1, 0.15) is 12.8 Å². The fourth-order valence-electron chi connectivity index (χ4n) is 1.98. The van der Waals surface area contributed by atoms with Crippen molar-refractivity contribution in [2.45, 2.75) is 12.8 Å². The second-order valence-electron chi connectivity index (χ2n) is 4.39. The van der Waals surface area contributed by atoms with Gasteiger partial charge in [-0.1, -0.05) is 0 Å². The maximum absolute atomic E-state index is 11.9. The van der Waals surface area contributed by atoms with Crippen LogP contribution in [-0.2, 0) is 4.79 Å². The molecule has 1 amide bonds. The number of carbonyl (C=O) groups excluding carboxylic acids is 1. The third kappa shape index (κ3) is 2.87. The van der Waals surface area contributed by atoms with Crippen molar-refractivity contribution in [3.8, 4) is 0 Å². The summed E-state index contributed by atoms with van der Waals surface area (Å²) in [6.45, 7) is 2.19. The van der Waals surface area contributed by atoms with Crippen LogP contribution in [0.4, 0.5) is 11.5 Å². The number of likely N-dealkylation sites (tertiary alicyclic amines) is 1.